The molecule has 17 heteroatoms. The minimum atomic E-state index is -4.51. The maximum atomic E-state index is 12.2. The molecule has 0 aliphatic carbocycles. The van der Waals surface area contributed by atoms with Gasteiger partial charge < -0.3 is 14.8 Å². The fourth-order valence-electron chi connectivity index (χ4n) is 3.21. The van der Waals surface area contributed by atoms with Gasteiger partial charge in [-0.25, -0.2) is 22.7 Å². The van der Waals surface area contributed by atoms with Gasteiger partial charge in [0.25, 0.3) is 20.2 Å². The molecule has 0 saturated heterocycles. The Labute approximate surface area is 226 Å². The number of hydrogen-bond donors (Lipinski definition) is 4. The Bertz CT molecular complexity index is 1490. The first-order chi connectivity index (χ1) is 18.1. The number of nitrogens with one attached hydrogen (secondary N) is 2. The molecule has 0 aliphatic heterocycles. The molecule has 14 nitrogen and oxygen atoms in total. The zero-order valence-corrected chi connectivity index (χ0v) is 23.1. The summed E-state index contributed by atoms with van der Waals surface area (Å²) in [4.78, 5) is 23.4. The highest BCUT2D eigenvalue weighted by molar-refractivity contribution is 7.88. The molecule has 4 N–H and O–H groups in total. The summed E-state index contributed by atoms with van der Waals surface area (Å²) in [5, 5.41) is 2.95. The smallest absolute Gasteiger partial charge is 0.338 e. The summed E-state index contributed by atoms with van der Waals surface area (Å²) in [5.74, 6) is -1.66. The van der Waals surface area contributed by atoms with Crippen LogP contribution in [0.5, 0.6) is 0 Å². The summed E-state index contributed by atoms with van der Waals surface area (Å²) in [6.07, 6.45) is 1.33. The van der Waals surface area contributed by atoms with Crippen molar-refractivity contribution in [2.24, 2.45) is 0 Å². The third-order valence-corrected chi connectivity index (χ3v) is 7.46. The van der Waals surface area contributed by atoms with Crippen LogP contribution in [0, 0.1) is 0 Å². The van der Waals surface area contributed by atoms with E-state index < -0.39 is 58.0 Å². The van der Waals surface area contributed by atoms with Crippen molar-refractivity contribution in [1.29, 1.82) is 0 Å². The SMILES string of the molecule is CS(=O)(=O)NC(CCNCCOC(=O)c1cccc(S(=O)(=O)O)c1)CCOC(=O)c1cccc(S(=O)(=O)O)c1. The lowest BCUT2D eigenvalue weighted by Gasteiger charge is -2.18. The van der Waals surface area contributed by atoms with E-state index in [0.717, 1.165) is 30.5 Å². The van der Waals surface area contributed by atoms with E-state index in [1.54, 1.807) is 0 Å². The van der Waals surface area contributed by atoms with E-state index in [1.165, 1.54) is 24.3 Å². The predicted octanol–water partition coefficient (Wildman–Crippen LogP) is 0.481. The number of ether oxygens (including phenoxy) is 2. The molecule has 2 aromatic rings. The Morgan fingerprint density at radius 3 is 1.72 bits per heavy atom. The first kappa shape index (κ1) is 32.3. The molecule has 0 bridgehead atoms. The Morgan fingerprint density at radius 1 is 0.769 bits per heavy atom. The molecule has 1 unspecified atom stereocenters. The summed E-state index contributed by atoms with van der Waals surface area (Å²) in [6, 6.07) is 8.68. The molecule has 0 fully saturated rings. The van der Waals surface area contributed by atoms with Crippen LogP contribution < -0.4 is 10.0 Å². The van der Waals surface area contributed by atoms with E-state index in [4.69, 9.17) is 18.6 Å². The van der Waals surface area contributed by atoms with E-state index in [1.807, 2.05) is 0 Å². The monoisotopic (exact) mass is 608 g/mol. The van der Waals surface area contributed by atoms with E-state index >= 15 is 0 Å². The Kier molecular flexibility index (Phi) is 11.5. The highest BCUT2D eigenvalue weighted by Crippen LogP contribution is 2.13. The summed E-state index contributed by atoms with van der Waals surface area (Å²) < 4.78 is 99.0. The van der Waals surface area contributed by atoms with Crippen molar-refractivity contribution in [3.05, 3.63) is 59.7 Å². The molecule has 2 rings (SSSR count). The number of hydrogen-bond acceptors (Lipinski definition) is 11. The maximum absolute atomic E-state index is 12.2. The molecular weight excluding hydrogens is 580 g/mol. The molecule has 39 heavy (non-hydrogen) atoms. The van der Waals surface area contributed by atoms with Crippen LogP contribution in [0.1, 0.15) is 33.6 Å². The summed E-state index contributed by atoms with van der Waals surface area (Å²) in [6.45, 7) is 0.198. The van der Waals surface area contributed by atoms with Crippen molar-refractivity contribution in [1.82, 2.24) is 10.0 Å². The fraction of sp³-hybridized carbons (Fsp3) is 0.364. The molecule has 0 spiro atoms. The second-order valence-electron chi connectivity index (χ2n) is 8.19. The van der Waals surface area contributed by atoms with Crippen molar-refractivity contribution >= 4 is 42.2 Å². The summed E-state index contributed by atoms with van der Waals surface area (Å²) in [7, 11) is -12.6. The number of sulfonamides is 1. The van der Waals surface area contributed by atoms with E-state index in [0.29, 0.717) is 0 Å². The van der Waals surface area contributed by atoms with Crippen LogP contribution in [0.3, 0.4) is 0 Å². The molecule has 0 saturated carbocycles. The van der Waals surface area contributed by atoms with Crippen molar-refractivity contribution in [2.75, 3.05) is 32.6 Å². The van der Waals surface area contributed by atoms with Crippen molar-refractivity contribution in [2.45, 2.75) is 28.7 Å². The van der Waals surface area contributed by atoms with Crippen molar-refractivity contribution < 1.29 is 53.4 Å². The van der Waals surface area contributed by atoms with E-state index in [-0.39, 0.29) is 50.3 Å². The van der Waals surface area contributed by atoms with Gasteiger partial charge in [0.15, 0.2) is 0 Å². The van der Waals surface area contributed by atoms with Gasteiger partial charge in [-0.1, -0.05) is 12.1 Å². The zero-order chi connectivity index (χ0) is 29.3. The van der Waals surface area contributed by atoms with Gasteiger partial charge in [0.05, 0.1) is 33.8 Å². The topological polar surface area (TPSA) is 220 Å². The average Bonchev–Trinajstić information content (AvgIpc) is 2.84. The minimum Gasteiger partial charge on any atom is -0.462 e. The lowest BCUT2D eigenvalue weighted by atomic mass is 10.1. The van der Waals surface area contributed by atoms with Crippen molar-refractivity contribution in [3.8, 4) is 0 Å². The first-order valence-electron chi connectivity index (χ1n) is 11.2. The molecule has 2 aromatic carbocycles. The average molecular weight is 609 g/mol. The lowest BCUT2D eigenvalue weighted by molar-refractivity contribution is 0.0483. The van der Waals surface area contributed by atoms with Crippen LogP contribution in [0.15, 0.2) is 58.3 Å². The van der Waals surface area contributed by atoms with Gasteiger partial charge in [-0.3, -0.25) is 9.11 Å². The predicted molar refractivity (Wildman–Crippen MR) is 137 cm³/mol. The van der Waals surface area contributed by atoms with Crippen LogP contribution in [-0.2, 0) is 39.7 Å². The Balaban J connectivity index is 1.79. The fourth-order valence-corrected chi connectivity index (χ4v) is 5.10. The quantitative estimate of drug-likeness (QED) is 0.123. The first-order valence-corrected chi connectivity index (χ1v) is 16.0. The highest BCUT2D eigenvalue weighted by Gasteiger charge is 2.18. The van der Waals surface area contributed by atoms with E-state index in [2.05, 4.69) is 10.0 Å². The molecule has 0 amide bonds. The second kappa shape index (κ2) is 13.9. The molecule has 0 aliphatic rings. The Morgan fingerprint density at radius 2 is 1.26 bits per heavy atom. The van der Waals surface area contributed by atoms with Crippen LogP contribution in [0.25, 0.3) is 0 Å². The van der Waals surface area contributed by atoms with Gasteiger partial charge in [0.2, 0.25) is 10.0 Å². The van der Waals surface area contributed by atoms with E-state index in [9.17, 15) is 34.8 Å². The molecule has 0 aromatic heterocycles. The van der Waals surface area contributed by atoms with Crippen LogP contribution in [0.4, 0.5) is 0 Å². The number of carbonyl (C=O) groups is 2. The lowest BCUT2D eigenvalue weighted by Crippen LogP contribution is -2.37. The summed E-state index contributed by atoms with van der Waals surface area (Å²) >= 11 is 0. The minimum absolute atomic E-state index is 0.0678. The molecule has 0 heterocycles. The maximum Gasteiger partial charge on any atom is 0.338 e. The van der Waals surface area contributed by atoms with Gasteiger partial charge in [-0.2, -0.15) is 16.8 Å². The number of esters is 2. The third-order valence-electron chi connectivity index (χ3n) is 5.00. The standard InChI is InChI=1S/C22H28N2O12S3/c1-37(27,28)24-18(9-12-35-21(25)16-4-2-6-19(14-16)38(29,30)31)8-10-23-11-13-36-22(26)17-5-3-7-20(15-17)39(32,33)34/h2-7,14-15,18,23-24H,8-13H2,1H3,(H,29,30,31)(H,32,33,34). The van der Waals surface area contributed by atoms with Crippen LogP contribution >= 0.6 is 0 Å². The normalized spacial score (nSPS) is 13.0. The number of carbonyl (C=O) groups excluding carboxylic acids is 2. The molecular formula is C22H28N2O12S3. The van der Waals surface area contributed by atoms with Gasteiger partial charge in [0, 0.05) is 12.6 Å². The van der Waals surface area contributed by atoms with Gasteiger partial charge in [0.1, 0.15) is 6.61 Å². The van der Waals surface area contributed by atoms with Crippen molar-refractivity contribution in [3.63, 3.8) is 0 Å². The Hall–Kier alpha value is -2.93. The molecule has 216 valence electrons. The zero-order valence-electron chi connectivity index (χ0n) is 20.6. The van der Waals surface area contributed by atoms with Gasteiger partial charge in [-0.05, 0) is 55.8 Å². The van der Waals surface area contributed by atoms with Gasteiger partial charge >= 0.3 is 11.9 Å². The molecule has 1 atom stereocenters. The summed E-state index contributed by atoms with van der Waals surface area (Å²) in [5.41, 5.74) is -0.180. The molecule has 0 radical (unpaired) electrons. The largest absolute Gasteiger partial charge is 0.462 e. The second-order valence-corrected chi connectivity index (χ2v) is 12.8. The van der Waals surface area contributed by atoms with Crippen LogP contribution in [-0.4, -0.2) is 84.9 Å². The van der Waals surface area contributed by atoms with Crippen LogP contribution in [0.2, 0.25) is 0 Å². The highest BCUT2D eigenvalue weighted by atomic mass is 32.2. The number of rotatable bonds is 15. The van der Waals surface area contributed by atoms with Gasteiger partial charge in [-0.15, -0.1) is 0 Å². The number of benzene rings is 2. The third kappa shape index (κ3) is 11.8.